The number of nitrogens with zero attached hydrogens (tertiary/aromatic N) is 3. The summed E-state index contributed by atoms with van der Waals surface area (Å²) in [7, 11) is 5.89. The van der Waals surface area contributed by atoms with Crippen molar-refractivity contribution in [2.24, 2.45) is 4.99 Å². The van der Waals surface area contributed by atoms with Crippen LogP contribution in [0.15, 0.2) is 35.5 Å². The standard InChI is InChI=1S/C17H25N5S.HI/c1-13-11-20-16(23-13)8-9-19-17(18-2)21-12-14-6-5-7-15(10-14)22(3)4;/h5-7,10-11H,8-9,12H2,1-4H3,(H2,18,19,21);1H. The third-order valence-electron chi connectivity index (χ3n) is 3.41. The molecule has 0 atom stereocenters. The lowest BCUT2D eigenvalue weighted by atomic mass is 10.2. The van der Waals surface area contributed by atoms with Gasteiger partial charge in [0, 0.05) is 57.4 Å². The highest BCUT2D eigenvalue weighted by atomic mass is 127. The van der Waals surface area contributed by atoms with E-state index in [9.17, 15) is 0 Å². The maximum Gasteiger partial charge on any atom is 0.191 e. The number of benzene rings is 1. The number of aromatic nitrogens is 1. The summed E-state index contributed by atoms with van der Waals surface area (Å²) in [5.74, 6) is 0.813. The lowest BCUT2D eigenvalue weighted by Gasteiger charge is -2.15. The first kappa shape index (κ1) is 20.7. The van der Waals surface area contributed by atoms with Crippen LogP contribution < -0.4 is 15.5 Å². The minimum atomic E-state index is 0. The average Bonchev–Trinajstić information content (AvgIpc) is 2.96. The summed E-state index contributed by atoms with van der Waals surface area (Å²) in [6.07, 6.45) is 2.83. The maximum absolute atomic E-state index is 4.37. The molecule has 132 valence electrons. The van der Waals surface area contributed by atoms with Crippen LogP contribution in [0.3, 0.4) is 0 Å². The highest BCUT2D eigenvalue weighted by molar-refractivity contribution is 14.0. The smallest absolute Gasteiger partial charge is 0.191 e. The van der Waals surface area contributed by atoms with E-state index in [0.717, 1.165) is 30.5 Å². The molecule has 2 aromatic rings. The van der Waals surface area contributed by atoms with Gasteiger partial charge in [-0.05, 0) is 24.6 Å². The Kier molecular flexibility index (Phi) is 9.05. The van der Waals surface area contributed by atoms with Gasteiger partial charge in [-0.15, -0.1) is 35.3 Å². The van der Waals surface area contributed by atoms with E-state index in [-0.39, 0.29) is 24.0 Å². The lowest BCUT2D eigenvalue weighted by molar-refractivity contribution is 0.792. The second-order valence-corrected chi connectivity index (χ2v) is 6.85. The molecule has 0 spiro atoms. The minimum Gasteiger partial charge on any atom is -0.378 e. The van der Waals surface area contributed by atoms with E-state index in [2.05, 4.69) is 56.7 Å². The van der Waals surface area contributed by atoms with Crippen molar-refractivity contribution in [3.8, 4) is 0 Å². The molecule has 0 radical (unpaired) electrons. The van der Waals surface area contributed by atoms with E-state index in [0.29, 0.717) is 0 Å². The number of anilines is 1. The molecule has 0 fully saturated rings. The van der Waals surface area contributed by atoms with Crippen molar-refractivity contribution in [3.05, 3.63) is 45.9 Å². The van der Waals surface area contributed by atoms with E-state index in [4.69, 9.17) is 0 Å². The fraction of sp³-hybridized carbons (Fsp3) is 0.412. The quantitative estimate of drug-likeness (QED) is 0.396. The molecule has 0 unspecified atom stereocenters. The maximum atomic E-state index is 4.37. The Morgan fingerprint density at radius 3 is 2.71 bits per heavy atom. The molecule has 2 rings (SSSR count). The van der Waals surface area contributed by atoms with E-state index in [1.165, 1.54) is 16.1 Å². The van der Waals surface area contributed by atoms with Crippen molar-refractivity contribution >= 4 is 47.0 Å². The zero-order valence-corrected chi connectivity index (χ0v) is 17.8. The molecule has 0 aliphatic heterocycles. The molecule has 0 aliphatic rings. The van der Waals surface area contributed by atoms with E-state index in [1.54, 1.807) is 18.4 Å². The number of aliphatic imine (C=N–C) groups is 1. The third kappa shape index (κ3) is 6.64. The van der Waals surface area contributed by atoms with Crippen LogP contribution in [-0.4, -0.2) is 38.6 Å². The second-order valence-electron chi connectivity index (χ2n) is 5.53. The number of aryl methyl sites for hydroxylation is 1. The highest BCUT2D eigenvalue weighted by Crippen LogP contribution is 2.13. The van der Waals surface area contributed by atoms with Gasteiger partial charge in [-0.1, -0.05) is 12.1 Å². The molecule has 0 amide bonds. The molecule has 2 N–H and O–H groups in total. The summed E-state index contributed by atoms with van der Waals surface area (Å²) in [6.45, 7) is 3.65. The molecule has 1 heterocycles. The zero-order valence-electron chi connectivity index (χ0n) is 14.7. The van der Waals surface area contributed by atoms with Gasteiger partial charge in [-0.25, -0.2) is 4.98 Å². The predicted octanol–water partition coefficient (Wildman–Crippen LogP) is 3.04. The number of guanidine groups is 1. The SMILES string of the molecule is CN=C(NCCc1ncc(C)s1)NCc1cccc(N(C)C)c1.I. The van der Waals surface area contributed by atoms with Crippen molar-refractivity contribution in [1.29, 1.82) is 0 Å². The summed E-state index contributed by atoms with van der Waals surface area (Å²) in [5.41, 5.74) is 2.43. The van der Waals surface area contributed by atoms with Crippen LogP contribution in [0.1, 0.15) is 15.4 Å². The summed E-state index contributed by atoms with van der Waals surface area (Å²) in [4.78, 5) is 12.0. The number of rotatable bonds is 6. The van der Waals surface area contributed by atoms with Crippen molar-refractivity contribution in [1.82, 2.24) is 15.6 Å². The topological polar surface area (TPSA) is 52.6 Å². The first-order valence-corrected chi connectivity index (χ1v) is 8.52. The van der Waals surface area contributed by atoms with E-state index >= 15 is 0 Å². The van der Waals surface area contributed by atoms with Crippen molar-refractivity contribution < 1.29 is 0 Å². The van der Waals surface area contributed by atoms with Crippen LogP contribution in [0, 0.1) is 6.92 Å². The summed E-state index contributed by atoms with van der Waals surface area (Å²) >= 11 is 1.75. The average molecular weight is 459 g/mol. The molecule has 1 aromatic heterocycles. The van der Waals surface area contributed by atoms with Crippen LogP contribution in [0.4, 0.5) is 5.69 Å². The van der Waals surface area contributed by atoms with Gasteiger partial charge in [0.2, 0.25) is 0 Å². The Balaban J connectivity index is 0.00000288. The fourth-order valence-corrected chi connectivity index (χ4v) is 2.94. The van der Waals surface area contributed by atoms with Gasteiger partial charge in [0.1, 0.15) is 0 Å². The molecule has 24 heavy (non-hydrogen) atoms. The molecule has 5 nitrogen and oxygen atoms in total. The van der Waals surface area contributed by atoms with Crippen molar-refractivity contribution in [2.75, 3.05) is 32.6 Å². The van der Waals surface area contributed by atoms with Gasteiger partial charge in [0.05, 0.1) is 5.01 Å². The summed E-state index contributed by atoms with van der Waals surface area (Å²) in [6, 6.07) is 8.48. The van der Waals surface area contributed by atoms with E-state index < -0.39 is 0 Å². The molecule has 0 saturated carbocycles. The molecule has 7 heteroatoms. The second kappa shape index (κ2) is 10.5. The Morgan fingerprint density at radius 1 is 1.29 bits per heavy atom. The van der Waals surface area contributed by atoms with Gasteiger partial charge < -0.3 is 15.5 Å². The number of hydrogen-bond donors (Lipinski definition) is 2. The molecular formula is C17H26IN5S. The van der Waals surface area contributed by atoms with Crippen molar-refractivity contribution in [3.63, 3.8) is 0 Å². The largest absolute Gasteiger partial charge is 0.378 e. The normalized spacial score (nSPS) is 10.9. The minimum absolute atomic E-state index is 0. The number of hydrogen-bond acceptors (Lipinski definition) is 4. The van der Waals surface area contributed by atoms with Crippen molar-refractivity contribution in [2.45, 2.75) is 19.9 Å². The Hall–Kier alpha value is -1.35. The first-order chi connectivity index (χ1) is 11.1. The lowest BCUT2D eigenvalue weighted by Crippen LogP contribution is -2.37. The predicted molar refractivity (Wildman–Crippen MR) is 115 cm³/mol. The Labute approximate surface area is 165 Å². The van der Waals surface area contributed by atoms with Crippen LogP contribution in [-0.2, 0) is 13.0 Å². The van der Waals surface area contributed by atoms with E-state index in [1.807, 2.05) is 20.3 Å². The van der Waals surface area contributed by atoms with Crippen LogP contribution in [0.2, 0.25) is 0 Å². The van der Waals surface area contributed by atoms with Gasteiger partial charge in [-0.2, -0.15) is 0 Å². The summed E-state index contributed by atoms with van der Waals surface area (Å²) in [5, 5.41) is 7.83. The number of nitrogens with one attached hydrogen (secondary N) is 2. The first-order valence-electron chi connectivity index (χ1n) is 7.70. The van der Waals surface area contributed by atoms with Gasteiger partial charge in [-0.3, -0.25) is 4.99 Å². The van der Waals surface area contributed by atoms with Crippen LogP contribution in [0.25, 0.3) is 0 Å². The molecule has 0 aliphatic carbocycles. The Morgan fingerprint density at radius 2 is 2.08 bits per heavy atom. The zero-order chi connectivity index (χ0) is 16.7. The third-order valence-corrected chi connectivity index (χ3v) is 4.38. The van der Waals surface area contributed by atoms with Crippen LogP contribution in [0.5, 0.6) is 0 Å². The summed E-state index contributed by atoms with van der Waals surface area (Å²) < 4.78 is 0. The molecule has 1 aromatic carbocycles. The fourth-order valence-electron chi connectivity index (χ4n) is 2.16. The van der Waals surface area contributed by atoms with Gasteiger partial charge in [0.25, 0.3) is 0 Å². The number of thiazole rings is 1. The highest BCUT2D eigenvalue weighted by Gasteiger charge is 2.02. The molecule has 0 bridgehead atoms. The van der Waals surface area contributed by atoms with Crippen LogP contribution >= 0.6 is 35.3 Å². The van der Waals surface area contributed by atoms with Gasteiger partial charge >= 0.3 is 0 Å². The monoisotopic (exact) mass is 459 g/mol. The molecular weight excluding hydrogens is 433 g/mol. The number of halogens is 1. The Bertz CT molecular complexity index is 654. The molecule has 0 saturated heterocycles. The van der Waals surface area contributed by atoms with Gasteiger partial charge in [0.15, 0.2) is 5.96 Å².